The number of hydrogen-bond acceptors (Lipinski definition) is 4. The summed E-state index contributed by atoms with van der Waals surface area (Å²) in [4.78, 5) is 2.26. The molecule has 1 aliphatic heterocycles. The normalized spacial score (nSPS) is 18.6. The third-order valence-electron chi connectivity index (χ3n) is 4.80. The zero-order chi connectivity index (χ0) is 17.1. The minimum absolute atomic E-state index is 0.0393. The Labute approximate surface area is 147 Å². The smallest absolute Gasteiger partial charge is 0.123 e. The molecule has 0 radical (unpaired) electrons. The van der Waals surface area contributed by atoms with Crippen LogP contribution in [0.1, 0.15) is 49.9 Å². The zero-order valence-corrected chi connectivity index (χ0v) is 15.0. The van der Waals surface area contributed by atoms with Crippen molar-refractivity contribution in [2.75, 3.05) is 18.0 Å². The Morgan fingerprint density at radius 1 is 1.21 bits per heavy atom. The van der Waals surface area contributed by atoms with Crippen molar-refractivity contribution in [1.29, 1.82) is 0 Å². The fourth-order valence-corrected chi connectivity index (χ4v) is 4.10. The summed E-state index contributed by atoms with van der Waals surface area (Å²) in [6, 6.07) is 7.41. The first kappa shape index (κ1) is 17.4. The number of benzene rings is 1. The molecule has 5 heteroatoms. The quantitative estimate of drug-likeness (QED) is 0.847. The van der Waals surface area contributed by atoms with E-state index in [0.717, 1.165) is 37.2 Å². The molecule has 24 heavy (non-hydrogen) atoms. The van der Waals surface area contributed by atoms with Crippen molar-refractivity contribution >= 4 is 17.0 Å². The monoisotopic (exact) mass is 348 g/mol. The highest BCUT2D eigenvalue weighted by atomic mass is 32.1. The van der Waals surface area contributed by atoms with E-state index in [9.17, 15) is 9.50 Å². The number of thiophene rings is 1. The van der Waals surface area contributed by atoms with E-state index in [1.165, 1.54) is 11.6 Å². The number of rotatable bonds is 5. The number of nitrogens with one attached hydrogen (secondary N) is 1. The molecule has 0 bridgehead atoms. The van der Waals surface area contributed by atoms with E-state index < -0.39 is 0 Å². The highest BCUT2D eigenvalue weighted by molar-refractivity contribution is 7.07. The largest absolute Gasteiger partial charge is 0.393 e. The lowest BCUT2D eigenvalue weighted by Crippen LogP contribution is -2.37. The number of hydrogen-bond donors (Lipinski definition) is 2. The maximum absolute atomic E-state index is 13.9. The first-order chi connectivity index (χ1) is 11.5. The van der Waals surface area contributed by atoms with Crippen LogP contribution < -0.4 is 10.2 Å². The third-order valence-corrected chi connectivity index (χ3v) is 5.51. The van der Waals surface area contributed by atoms with Gasteiger partial charge in [-0.05, 0) is 72.8 Å². The Bertz CT molecular complexity index is 653. The SMILES string of the molecule is CC(NC(C)c1cc(F)ccc1N1CCC(O)CC1)c1ccsc1. The lowest BCUT2D eigenvalue weighted by Gasteiger charge is -2.34. The summed E-state index contributed by atoms with van der Waals surface area (Å²) in [6.07, 6.45) is 1.33. The number of aliphatic hydroxyl groups excluding tert-OH is 1. The highest BCUT2D eigenvalue weighted by Gasteiger charge is 2.22. The molecule has 2 heterocycles. The second kappa shape index (κ2) is 7.64. The Balaban J connectivity index is 1.79. The number of halogens is 1. The van der Waals surface area contributed by atoms with E-state index in [0.29, 0.717) is 0 Å². The van der Waals surface area contributed by atoms with Crippen molar-refractivity contribution in [3.05, 3.63) is 52.0 Å². The summed E-state index contributed by atoms with van der Waals surface area (Å²) in [7, 11) is 0. The molecule has 1 saturated heterocycles. The second-order valence-corrected chi connectivity index (χ2v) is 7.37. The van der Waals surface area contributed by atoms with Crippen LogP contribution in [0.3, 0.4) is 0 Å². The molecule has 1 aromatic heterocycles. The van der Waals surface area contributed by atoms with Crippen LogP contribution in [0.25, 0.3) is 0 Å². The van der Waals surface area contributed by atoms with Crippen molar-refractivity contribution in [1.82, 2.24) is 5.32 Å². The minimum atomic E-state index is -0.209. The number of anilines is 1. The van der Waals surface area contributed by atoms with Crippen LogP contribution in [0.2, 0.25) is 0 Å². The summed E-state index contributed by atoms with van der Waals surface area (Å²) in [5.74, 6) is -0.206. The molecule has 0 aliphatic carbocycles. The van der Waals surface area contributed by atoms with Gasteiger partial charge in [-0.2, -0.15) is 11.3 Å². The average molecular weight is 348 g/mol. The van der Waals surface area contributed by atoms with Gasteiger partial charge in [-0.25, -0.2) is 4.39 Å². The van der Waals surface area contributed by atoms with Gasteiger partial charge in [0, 0.05) is 30.9 Å². The molecule has 2 atom stereocenters. The van der Waals surface area contributed by atoms with Crippen molar-refractivity contribution in [2.45, 2.75) is 44.9 Å². The van der Waals surface area contributed by atoms with E-state index in [1.54, 1.807) is 17.4 Å². The Morgan fingerprint density at radius 3 is 2.62 bits per heavy atom. The third kappa shape index (κ3) is 3.97. The van der Waals surface area contributed by atoms with E-state index in [4.69, 9.17) is 0 Å². The summed E-state index contributed by atoms with van der Waals surface area (Å²) in [5.41, 5.74) is 3.31. The molecular weight excluding hydrogens is 323 g/mol. The molecule has 0 amide bonds. The van der Waals surface area contributed by atoms with E-state index >= 15 is 0 Å². The van der Waals surface area contributed by atoms with Crippen LogP contribution in [0, 0.1) is 5.82 Å². The predicted octanol–water partition coefficient (Wildman–Crippen LogP) is 4.26. The molecule has 0 saturated carbocycles. The Hall–Kier alpha value is -1.43. The molecule has 2 N–H and O–H groups in total. The fourth-order valence-electron chi connectivity index (χ4n) is 3.35. The molecular formula is C19H25FN2OS. The first-order valence-electron chi connectivity index (χ1n) is 8.55. The van der Waals surface area contributed by atoms with E-state index in [1.807, 2.05) is 6.07 Å². The lowest BCUT2D eigenvalue weighted by molar-refractivity contribution is 0.145. The molecule has 2 unspecified atom stereocenters. The lowest BCUT2D eigenvalue weighted by atomic mass is 10.0. The maximum Gasteiger partial charge on any atom is 0.123 e. The van der Waals surface area contributed by atoms with Crippen molar-refractivity contribution < 1.29 is 9.50 Å². The van der Waals surface area contributed by atoms with Gasteiger partial charge in [-0.3, -0.25) is 0 Å². The number of nitrogens with zero attached hydrogens (tertiary/aromatic N) is 1. The first-order valence-corrected chi connectivity index (χ1v) is 9.49. The van der Waals surface area contributed by atoms with Gasteiger partial charge in [0.25, 0.3) is 0 Å². The van der Waals surface area contributed by atoms with Crippen LogP contribution in [-0.2, 0) is 0 Å². The van der Waals surface area contributed by atoms with Crippen molar-refractivity contribution in [3.63, 3.8) is 0 Å². The molecule has 130 valence electrons. The maximum atomic E-state index is 13.9. The van der Waals surface area contributed by atoms with Gasteiger partial charge in [-0.15, -0.1) is 0 Å². The number of piperidine rings is 1. The molecule has 1 fully saturated rings. The van der Waals surface area contributed by atoms with Gasteiger partial charge in [-0.1, -0.05) is 0 Å². The summed E-state index contributed by atoms with van der Waals surface area (Å²) in [5, 5.41) is 17.5. The van der Waals surface area contributed by atoms with Gasteiger partial charge in [0.05, 0.1) is 6.10 Å². The standard InChI is InChI=1S/C19H25FN2OS/c1-13(15-7-10-24-12-15)21-14(2)18-11-16(20)3-4-19(18)22-8-5-17(23)6-9-22/h3-4,7,10-14,17,21,23H,5-6,8-9H2,1-2H3. The van der Waals surface area contributed by atoms with E-state index in [-0.39, 0.29) is 24.0 Å². The molecule has 1 aliphatic rings. The van der Waals surface area contributed by atoms with Crippen LogP contribution >= 0.6 is 11.3 Å². The Morgan fingerprint density at radius 2 is 1.96 bits per heavy atom. The predicted molar refractivity (Wildman–Crippen MR) is 98.1 cm³/mol. The second-order valence-electron chi connectivity index (χ2n) is 6.59. The van der Waals surface area contributed by atoms with Crippen molar-refractivity contribution in [3.8, 4) is 0 Å². The van der Waals surface area contributed by atoms with Crippen LogP contribution in [0.5, 0.6) is 0 Å². The number of aliphatic hydroxyl groups is 1. The van der Waals surface area contributed by atoms with E-state index in [2.05, 4.69) is 40.9 Å². The zero-order valence-electron chi connectivity index (χ0n) is 14.2. The minimum Gasteiger partial charge on any atom is -0.393 e. The summed E-state index contributed by atoms with van der Waals surface area (Å²) in [6.45, 7) is 5.84. The molecule has 0 spiro atoms. The van der Waals surface area contributed by atoms with Gasteiger partial charge in [0.2, 0.25) is 0 Å². The highest BCUT2D eigenvalue weighted by Crippen LogP contribution is 2.31. The molecule has 3 nitrogen and oxygen atoms in total. The molecule has 1 aromatic carbocycles. The molecule has 2 aromatic rings. The summed E-state index contributed by atoms with van der Waals surface area (Å²) >= 11 is 1.69. The summed E-state index contributed by atoms with van der Waals surface area (Å²) < 4.78 is 13.9. The fraction of sp³-hybridized carbons (Fsp3) is 0.474. The van der Waals surface area contributed by atoms with Gasteiger partial charge in [0.1, 0.15) is 5.82 Å². The van der Waals surface area contributed by atoms with Crippen molar-refractivity contribution in [2.24, 2.45) is 0 Å². The van der Waals surface area contributed by atoms with Gasteiger partial charge < -0.3 is 15.3 Å². The Kier molecular flexibility index (Phi) is 5.54. The van der Waals surface area contributed by atoms with Gasteiger partial charge in [0.15, 0.2) is 0 Å². The molecule has 3 rings (SSSR count). The van der Waals surface area contributed by atoms with Crippen LogP contribution in [0.4, 0.5) is 10.1 Å². The average Bonchev–Trinajstić information content (AvgIpc) is 3.10. The van der Waals surface area contributed by atoms with Crippen LogP contribution in [0.15, 0.2) is 35.0 Å². The van der Waals surface area contributed by atoms with Crippen LogP contribution in [-0.4, -0.2) is 24.3 Å². The van der Waals surface area contributed by atoms with Gasteiger partial charge >= 0.3 is 0 Å². The topological polar surface area (TPSA) is 35.5 Å².